The fraction of sp³-hybridized carbons (Fsp3) is 0. The number of para-hydroxylation sites is 6. The Balaban J connectivity index is 0.997. The van der Waals surface area contributed by atoms with E-state index in [1.54, 1.807) is 0 Å². The van der Waals surface area contributed by atoms with Crippen LogP contribution in [-0.4, -0.2) is 13.4 Å². The number of thiophene rings is 2. The lowest BCUT2D eigenvalue weighted by molar-refractivity contribution is 0.637. The Kier molecular flexibility index (Phi) is 8.78. The monoisotopic (exact) mass is 1030 g/mol. The van der Waals surface area contributed by atoms with Gasteiger partial charge in [-0.05, 0) is 131 Å². The lowest BCUT2D eigenvalue weighted by atomic mass is 9.37. The fourth-order valence-corrected chi connectivity index (χ4v) is 16.1. The Morgan fingerprint density at radius 3 is 0.987 bits per heavy atom. The zero-order chi connectivity index (χ0) is 50.7. The molecule has 78 heavy (non-hydrogen) atoms. The third-order valence-corrected chi connectivity index (χ3v) is 19.0. The number of anilines is 12. The molecule has 10 heteroatoms. The van der Waals surface area contributed by atoms with E-state index < -0.39 is 0 Å². The van der Waals surface area contributed by atoms with Crippen molar-refractivity contribution < 1.29 is 8.83 Å². The molecule has 0 atom stereocenters. The molecule has 0 N–H and O–H groups in total. The highest BCUT2D eigenvalue weighted by Gasteiger charge is 2.51. The van der Waals surface area contributed by atoms with E-state index in [1.807, 2.05) is 22.7 Å². The quantitative estimate of drug-likeness (QED) is 0.160. The third kappa shape index (κ3) is 5.77. The van der Waals surface area contributed by atoms with Gasteiger partial charge in [-0.25, -0.2) is 0 Å². The summed E-state index contributed by atoms with van der Waals surface area (Å²) in [5, 5.41) is 4.63. The maximum Gasteiger partial charge on any atom is 0.342 e. The first-order valence-corrected chi connectivity index (χ1v) is 28.2. The second-order valence-electron chi connectivity index (χ2n) is 20.7. The van der Waals surface area contributed by atoms with Gasteiger partial charge in [0.15, 0.2) is 0 Å². The van der Waals surface area contributed by atoms with Crippen molar-refractivity contribution in [2.24, 2.45) is 0 Å². The molecule has 0 saturated carbocycles. The van der Waals surface area contributed by atoms with Crippen LogP contribution in [0, 0.1) is 0 Å². The summed E-state index contributed by atoms with van der Waals surface area (Å²) < 4.78 is 19.7. The van der Waals surface area contributed by atoms with Crippen LogP contribution in [0.1, 0.15) is 0 Å². The molecule has 0 unspecified atom stereocenters. The SMILES string of the molecule is c1ccc(N2c3cc(-c4cc5c6c(c4)N(c4ccccc4)c4c(sc7ccccc47)B6c4sc6ccccc6c4N5c4ccccc4)cc4c3B(c3oc5ccccc5c32)c2oc3ccccc3c2N4c2ccccc2)cc1. The van der Waals surface area contributed by atoms with Gasteiger partial charge in [0.25, 0.3) is 6.71 Å². The largest absolute Gasteiger partial charge is 0.468 e. The van der Waals surface area contributed by atoms with E-state index in [2.05, 4.69) is 262 Å². The molecule has 0 aliphatic carbocycles. The maximum absolute atomic E-state index is 7.19. The maximum atomic E-state index is 7.19. The molecule has 0 amide bonds. The normalized spacial score (nSPS) is 13.7. The van der Waals surface area contributed by atoms with Crippen molar-refractivity contribution in [3.05, 3.63) is 243 Å². The van der Waals surface area contributed by atoms with Gasteiger partial charge in [-0.1, -0.05) is 133 Å². The smallest absolute Gasteiger partial charge is 0.342 e. The van der Waals surface area contributed by atoms with Crippen LogP contribution in [0.4, 0.5) is 68.2 Å². The Morgan fingerprint density at radius 2 is 0.603 bits per heavy atom. The molecule has 14 aromatic rings. The van der Waals surface area contributed by atoms with Gasteiger partial charge < -0.3 is 28.4 Å². The molecule has 4 aromatic heterocycles. The molecule has 4 aliphatic rings. The van der Waals surface area contributed by atoms with Crippen LogP contribution in [0.3, 0.4) is 0 Å². The van der Waals surface area contributed by atoms with Crippen molar-refractivity contribution in [3.8, 4) is 11.1 Å². The minimum absolute atomic E-state index is 0.00282. The van der Waals surface area contributed by atoms with E-state index in [-0.39, 0.29) is 13.4 Å². The number of hydrogen-bond donors (Lipinski definition) is 0. The predicted octanol–water partition coefficient (Wildman–Crippen LogP) is 15.4. The Hall–Kier alpha value is -9.47. The second-order valence-corrected chi connectivity index (χ2v) is 22.8. The first kappa shape index (κ1) is 42.7. The van der Waals surface area contributed by atoms with Crippen molar-refractivity contribution in [2.45, 2.75) is 0 Å². The van der Waals surface area contributed by atoms with E-state index in [0.29, 0.717) is 0 Å². The molecular weight excluding hydrogens is 991 g/mol. The molecule has 8 heterocycles. The number of rotatable bonds is 5. The molecule has 18 rings (SSSR count). The molecule has 0 saturated heterocycles. The lowest BCUT2D eigenvalue weighted by Gasteiger charge is -2.43. The Labute approximate surface area is 457 Å². The van der Waals surface area contributed by atoms with Crippen LogP contribution in [0.15, 0.2) is 251 Å². The third-order valence-electron chi connectivity index (χ3n) is 16.5. The van der Waals surface area contributed by atoms with E-state index >= 15 is 0 Å². The summed E-state index contributed by atoms with van der Waals surface area (Å²) in [4.78, 5) is 10.1. The summed E-state index contributed by atoms with van der Waals surface area (Å²) in [5.74, 6) is 0. The molecule has 6 nitrogen and oxygen atoms in total. The number of furan rings is 2. The zero-order valence-electron chi connectivity index (χ0n) is 41.7. The van der Waals surface area contributed by atoms with E-state index in [4.69, 9.17) is 8.83 Å². The molecule has 0 spiro atoms. The zero-order valence-corrected chi connectivity index (χ0v) is 43.3. The Morgan fingerprint density at radius 1 is 0.295 bits per heavy atom. The van der Waals surface area contributed by atoms with Crippen molar-refractivity contribution in [3.63, 3.8) is 0 Å². The lowest BCUT2D eigenvalue weighted by Crippen LogP contribution is -2.60. The molecule has 10 aromatic carbocycles. The second kappa shape index (κ2) is 16.0. The van der Waals surface area contributed by atoms with Gasteiger partial charge in [0, 0.05) is 86.0 Å². The number of fused-ring (bicyclic) bond motifs is 16. The van der Waals surface area contributed by atoms with Gasteiger partial charge in [-0.2, -0.15) is 0 Å². The van der Waals surface area contributed by atoms with Crippen molar-refractivity contribution >= 4 is 178 Å². The topological polar surface area (TPSA) is 39.2 Å². The van der Waals surface area contributed by atoms with Gasteiger partial charge >= 0.3 is 6.71 Å². The van der Waals surface area contributed by atoms with Crippen LogP contribution in [0.2, 0.25) is 0 Å². The van der Waals surface area contributed by atoms with E-state index in [9.17, 15) is 0 Å². The highest BCUT2D eigenvalue weighted by Crippen LogP contribution is 2.54. The fourth-order valence-electron chi connectivity index (χ4n) is 13.4. The molecule has 362 valence electrons. The summed E-state index contributed by atoms with van der Waals surface area (Å²) in [7, 11) is 0. The molecular formula is C68H40B2N4O2S2. The summed E-state index contributed by atoms with van der Waals surface area (Å²) in [6, 6.07) is 88.6. The average Bonchev–Trinajstić information content (AvgIpc) is 3.87. The standard InChI is InChI=1S/C68H40B2N4O2S2/c1-5-21-43(22-6-1)71-51-37-41(38-52-59(51)69(65-61(71)47-29-13-17-33-55(47)75-65)66-62(48-30-14-18-34-56(48)76-66)72(52)44-23-7-2-8-24-44)42-39-53-60-54(40-42)74(46-27-11-4-12-28-46)64-50-32-16-20-36-58(50)78-68(64)70(60)67-63(49-31-15-19-35-57(49)77-67)73(53)45-25-9-3-10-26-45/h1-40H. The minimum atomic E-state index is -0.350. The molecule has 0 bridgehead atoms. The molecule has 4 aliphatic heterocycles. The first-order valence-electron chi connectivity index (χ1n) is 26.6. The van der Waals surface area contributed by atoms with Gasteiger partial charge in [0.05, 0.1) is 22.7 Å². The van der Waals surface area contributed by atoms with Gasteiger partial charge in [0.2, 0.25) is 0 Å². The highest BCUT2D eigenvalue weighted by molar-refractivity contribution is 7.40. The summed E-state index contributed by atoms with van der Waals surface area (Å²) >= 11 is 3.89. The van der Waals surface area contributed by atoms with Crippen molar-refractivity contribution in [1.82, 2.24) is 0 Å². The van der Waals surface area contributed by atoms with Gasteiger partial charge in [-0.3, -0.25) is 0 Å². The van der Waals surface area contributed by atoms with Crippen molar-refractivity contribution in [2.75, 3.05) is 19.6 Å². The van der Waals surface area contributed by atoms with Crippen LogP contribution < -0.4 is 51.4 Å². The molecule has 0 radical (unpaired) electrons. The van der Waals surface area contributed by atoms with Crippen LogP contribution in [0.25, 0.3) is 53.2 Å². The first-order chi connectivity index (χ1) is 38.7. The summed E-state index contributed by atoms with van der Waals surface area (Å²) in [6.45, 7) is -0.353. The Bertz CT molecular complexity index is 4210. The number of benzene rings is 10. The van der Waals surface area contributed by atoms with Crippen LogP contribution >= 0.6 is 22.7 Å². The average molecular weight is 1030 g/mol. The predicted molar refractivity (Wildman–Crippen MR) is 330 cm³/mol. The molecule has 0 fully saturated rings. The highest BCUT2D eigenvalue weighted by atomic mass is 32.1. The van der Waals surface area contributed by atoms with E-state index in [0.717, 1.165) is 95.3 Å². The summed E-state index contributed by atoms with van der Waals surface area (Å²) in [5.41, 5.74) is 21.5. The van der Waals surface area contributed by atoms with Crippen LogP contribution in [-0.2, 0) is 0 Å². The van der Waals surface area contributed by atoms with Gasteiger partial charge in [-0.15, -0.1) is 22.7 Å². The van der Waals surface area contributed by atoms with Crippen LogP contribution in [0.5, 0.6) is 0 Å². The number of hydrogen-bond acceptors (Lipinski definition) is 8. The van der Waals surface area contributed by atoms with E-state index in [1.165, 1.54) is 57.9 Å². The van der Waals surface area contributed by atoms with Gasteiger partial charge in [0.1, 0.15) is 22.5 Å². The number of nitrogens with zero attached hydrogens (tertiary/aromatic N) is 4. The summed E-state index contributed by atoms with van der Waals surface area (Å²) in [6.07, 6.45) is 0. The minimum Gasteiger partial charge on any atom is -0.468 e. The van der Waals surface area contributed by atoms with Crippen molar-refractivity contribution in [1.29, 1.82) is 0 Å².